The number of benzene rings is 1. The molecule has 1 N–H and O–H groups in total. The third-order valence-corrected chi connectivity index (χ3v) is 3.53. The van der Waals surface area contributed by atoms with Crippen molar-refractivity contribution in [3.05, 3.63) is 42.2 Å². The van der Waals surface area contributed by atoms with E-state index in [2.05, 4.69) is 18.8 Å². The Labute approximate surface area is 107 Å². The summed E-state index contributed by atoms with van der Waals surface area (Å²) in [4.78, 5) is 1.11. The predicted molar refractivity (Wildman–Crippen MR) is 74.0 cm³/mol. The lowest BCUT2D eigenvalue weighted by Gasteiger charge is -2.17. The standard InChI is InChI=1S/C14H20FNS/c1-4-16-13(9-11(2)3)10-17-14-7-5-12(15)6-8-14/h5-8,13,16H,2,4,9-10H2,1,3H3. The summed E-state index contributed by atoms with van der Waals surface area (Å²) >= 11 is 1.75. The fraction of sp³-hybridized carbons (Fsp3) is 0.429. The molecule has 1 aromatic rings. The minimum absolute atomic E-state index is 0.181. The summed E-state index contributed by atoms with van der Waals surface area (Å²) in [5, 5.41) is 3.44. The Bertz CT molecular complexity index is 348. The first-order valence-corrected chi connectivity index (χ1v) is 6.86. The Kier molecular flexibility index (Phi) is 6.30. The van der Waals surface area contributed by atoms with Crippen LogP contribution in [0.3, 0.4) is 0 Å². The molecular weight excluding hydrogens is 233 g/mol. The zero-order valence-corrected chi connectivity index (χ0v) is 11.3. The van der Waals surface area contributed by atoms with E-state index in [9.17, 15) is 4.39 Å². The molecular formula is C14H20FNS. The second-order valence-corrected chi connectivity index (χ2v) is 5.27. The maximum Gasteiger partial charge on any atom is 0.123 e. The molecule has 0 aromatic heterocycles. The van der Waals surface area contributed by atoms with E-state index in [4.69, 9.17) is 0 Å². The van der Waals surface area contributed by atoms with Gasteiger partial charge in [0.1, 0.15) is 5.82 Å². The molecule has 94 valence electrons. The van der Waals surface area contributed by atoms with Crippen LogP contribution < -0.4 is 5.32 Å². The van der Waals surface area contributed by atoms with Crippen LogP contribution in [0.2, 0.25) is 0 Å². The highest BCUT2D eigenvalue weighted by Gasteiger charge is 2.08. The fourth-order valence-electron chi connectivity index (χ4n) is 1.63. The predicted octanol–water partition coefficient (Wildman–Crippen LogP) is 3.86. The van der Waals surface area contributed by atoms with Crippen LogP contribution in [-0.2, 0) is 0 Å². The molecule has 0 spiro atoms. The van der Waals surface area contributed by atoms with Gasteiger partial charge in [0.15, 0.2) is 0 Å². The molecule has 0 fully saturated rings. The van der Waals surface area contributed by atoms with Crippen LogP contribution in [0.1, 0.15) is 20.3 Å². The highest BCUT2D eigenvalue weighted by molar-refractivity contribution is 7.99. The Balaban J connectivity index is 2.45. The lowest BCUT2D eigenvalue weighted by Crippen LogP contribution is -2.31. The summed E-state index contributed by atoms with van der Waals surface area (Å²) in [6.07, 6.45) is 0.988. The summed E-state index contributed by atoms with van der Waals surface area (Å²) in [6, 6.07) is 7.09. The number of hydrogen-bond acceptors (Lipinski definition) is 2. The zero-order chi connectivity index (χ0) is 12.7. The number of nitrogens with one attached hydrogen (secondary N) is 1. The van der Waals surface area contributed by atoms with Crippen molar-refractivity contribution in [2.75, 3.05) is 12.3 Å². The average Bonchev–Trinajstić information content (AvgIpc) is 2.27. The molecule has 0 aliphatic rings. The molecule has 1 rings (SSSR count). The van der Waals surface area contributed by atoms with Gasteiger partial charge >= 0.3 is 0 Å². The zero-order valence-electron chi connectivity index (χ0n) is 10.5. The van der Waals surface area contributed by atoms with Gasteiger partial charge in [-0.05, 0) is 44.2 Å². The lowest BCUT2D eigenvalue weighted by molar-refractivity contribution is 0.571. The molecule has 0 aliphatic carbocycles. The van der Waals surface area contributed by atoms with Gasteiger partial charge < -0.3 is 5.32 Å². The normalized spacial score (nSPS) is 12.4. The van der Waals surface area contributed by atoms with Crippen LogP contribution in [0.25, 0.3) is 0 Å². The quantitative estimate of drug-likeness (QED) is 0.585. The number of halogens is 1. The van der Waals surface area contributed by atoms with E-state index in [1.807, 2.05) is 19.1 Å². The van der Waals surface area contributed by atoms with E-state index >= 15 is 0 Å². The van der Waals surface area contributed by atoms with Gasteiger partial charge in [-0.25, -0.2) is 4.39 Å². The van der Waals surface area contributed by atoms with E-state index < -0.39 is 0 Å². The molecule has 0 amide bonds. The highest BCUT2D eigenvalue weighted by atomic mass is 32.2. The molecule has 0 radical (unpaired) electrons. The van der Waals surface area contributed by atoms with Gasteiger partial charge in [-0.2, -0.15) is 0 Å². The SMILES string of the molecule is C=C(C)CC(CSc1ccc(F)cc1)NCC. The van der Waals surface area contributed by atoms with Gasteiger partial charge in [-0.1, -0.05) is 12.5 Å². The molecule has 0 saturated carbocycles. The van der Waals surface area contributed by atoms with Crippen molar-refractivity contribution in [1.82, 2.24) is 5.32 Å². The van der Waals surface area contributed by atoms with Gasteiger partial charge in [-0.3, -0.25) is 0 Å². The van der Waals surface area contributed by atoms with Crippen molar-refractivity contribution < 1.29 is 4.39 Å². The van der Waals surface area contributed by atoms with Gasteiger partial charge in [0.2, 0.25) is 0 Å². The van der Waals surface area contributed by atoms with Crippen LogP contribution in [0.15, 0.2) is 41.3 Å². The summed E-state index contributed by atoms with van der Waals surface area (Å²) in [5.41, 5.74) is 1.19. The lowest BCUT2D eigenvalue weighted by atomic mass is 10.1. The van der Waals surface area contributed by atoms with Gasteiger partial charge in [-0.15, -0.1) is 18.3 Å². The first-order chi connectivity index (χ1) is 8.11. The third kappa shape index (κ3) is 5.89. The van der Waals surface area contributed by atoms with E-state index in [0.717, 1.165) is 23.6 Å². The largest absolute Gasteiger partial charge is 0.313 e. The molecule has 0 heterocycles. The molecule has 0 aliphatic heterocycles. The number of hydrogen-bond donors (Lipinski definition) is 1. The molecule has 3 heteroatoms. The molecule has 1 aromatic carbocycles. The van der Waals surface area contributed by atoms with E-state index in [1.54, 1.807) is 11.8 Å². The van der Waals surface area contributed by atoms with Crippen molar-refractivity contribution in [2.24, 2.45) is 0 Å². The summed E-state index contributed by atoms with van der Waals surface area (Å²) in [5.74, 6) is 0.798. The number of rotatable bonds is 7. The summed E-state index contributed by atoms with van der Waals surface area (Å²) in [7, 11) is 0. The third-order valence-electron chi connectivity index (χ3n) is 2.35. The van der Waals surface area contributed by atoms with Crippen molar-refractivity contribution in [3.63, 3.8) is 0 Å². The first kappa shape index (κ1) is 14.3. The Morgan fingerprint density at radius 3 is 2.59 bits per heavy atom. The van der Waals surface area contributed by atoms with Gasteiger partial charge in [0.25, 0.3) is 0 Å². The second-order valence-electron chi connectivity index (χ2n) is 4.18. The molecule has 1 nitrogen and oxygen atoms in total. The monoisotopic (exact) mass is 253 g/mol. The molecule has 1 unspecified atom stereocenters. The van der Waals surface area contributed by atoms with Crippen LogP contribution >= 0.6 is 11.8 Å². The summed E-state index contributed by atoms with van der Waals surface area (Å²) in [6.45, 7) is 9.06. The van der Waals surface area contributed by atoms with Crippen LogP contribution in [0.5, 0.6) is 0 Å². The molecule has 1 atom stereocenters. The second kappa shape index (κ2) is 7.51. The first-order valence-electron chi connectivity index (χ1n) is 5.88. The van der Waals surface area contributed by atoms with E-state index in [0.29, 0.717) is 6.04 Å². The minimum Gasteiger partial charge on any atom is -0.313 e. The molecule has 17 heavy (non-hydrogen) atoms. The van der Waals surface area contributed by atoms with E-state index in [-0.39, 0.29) is 5.82 Å². The Morgan fingerprint density at radius 2 is 2.06 bits per heavy atom. The van der Waals surface area contributed by atoms with Crippen molar-refractivity contribution in [1.29, 1.82) is 0 Å². The van der Waals surface area contributed by atoms with Gasteiger partial charge in [0.05, 0.1) is 0 Å². The van der Waals surface area contributed by atoms with Crippen LogP contribution in [0, 0.1) is 5.82 Å². The van der Waals surface area contributed by atoms with Crippen molar-refractivity contribution >= 4 is 11.8 Å². The van der Waals surface area contributed by atoms with Gasteiger partial charge in [0, 0.05) is 16.7 Å². The molecule has 0 bridgehead atoms. The van der Waals surface area contributed by atoms with Crippen molar-refractivity contribution in [2.45, 2.75) is 31.2 Å². The minimum atomic E-state index is -0.181. The summed E-state index contributed by atoms with van der Waals surface area (Å²) < 4.78 is 12.7. The number of thioether (sulfide) groups is 1. The molecule has 0 saturated heterocycles. The maximum atomic E-state index is 12.7. The Morgan fingerprint density at radius 1 is 1.41 bits per heavy atom. The average molecular weight is 253 g/mol. The van der Waals surface area contributed by atoms with Crippen molar-refractivity contribution in [3.8, 4) is 0 Å². The maximum absolute atomic E-state index is 12.7. The topological polar surface area (TPSA) is 12.0 Å². The van der Waals surface area contributed by atoms with Crippen LogP contribution in [-0.4, -0.2) is 18.3 Å². The Hall–Kier alpha value is -0.800. The van der Waals surface area contributed by atoms with E-state index in [1.165, 1.54) is 17.7 Å². The fourth-order valence-corrected chi connectivity index (χ4v) is 2.58. The van der Waals surface area contributed by atoms with Crippen LogP contribution in [0.4, 0.5) is 4.39 Å². The smallest absolute Gasteiger partial charge is 0.123 e. The highest BCUT2D eigenvalue weighted by Crippen LogP contribution is 2.20.